The lowest BCUT2D eigenvalue weighted by molar-refractivity contribution is -0.145. The van der Waals surface area contributed by atoms with E-state index in [1.807, 2.05) is 35.4 Å². The van der Waals surface area contributed by atoms with Gasteiger partial charge in [0.1, 0.15) is 18.2 Å². The van der Waals surface area contributed by atoms with E-state index >= 15 is 0 Å². The van der Waals surface area contributed by atoms with E-state index in [1.165, 1.54) is 0 Å². The van der Waals surface area contributed by atoms with Gasteiger partial charge in [0.2, 0.25) is 11.8 Å². The number of carbonyl (C=O) groups is 1. The maximum atomic E-state index is 13.0. The summed E-state index contributed by atoms with van der Waals surface area (Å²) in [5.74, 6) is 2.11. The summed E-state index contributed by atoms with van der Waals surface area (Å²) in [6.45, 7) is 5.01. The number of fused-ring (bicyclic) bond motifs is 3. The number of nitrogens with zero attached hydrogens (tertiary/aromatic N) is 6. The van der Waals surface area contributed by atoms with Gasteiger partial charge in [-0.2, -0.15) is 5.10 Å². The molecule has 10 nitrogen and oxygen atoms in total. The minimum Gasteiger partial charge on any atom is -0.489 e. The van der Waals surface area contributed by atoms with Crippen LogP contribution in [0.5, 0.6) is 11.6 Å². The van der Waals surface area contributed by atoms with E-state index in [4.69, 9.17) is 26.1 Å². The fraction of sp³-hybridized carbons (Fsp3) is 0.379. The van der Waals surface area contributed by atoms with Crippen molar-refractivity contribution in [3.63, 3.8) is 0 Å². The van der Waals surface area contributed by atoms with Gasteiger partial charge in [-0.1, -0.05) is 17.7 Å². The number of piperazine rings is 1. The minimum atomic E-state index is -0.970. The number of aliphatic hydroxyl groups is 1. The van der Waals surface area contributed by atoms with Crippen LogP contribution in [0.3, 0.4) is 0 Å². The molecule has 2 atom stereocenters. The molecule has 3 fully saturated rings. The van der Waals surface area contributed by atoms with E-state index in [0.717, 1.165) is 47.5 Å². The molecule has 3 aliphatic heterocycles. The largest absolute Gasteiger partial charge is 0.489 e. The van der Waals surface area contributed by atoms with Crippen molar-refractivity contribution in [1.29, 1.82) is 0 Å². The number of anilines is 1. The van der Waals surface area contributed by atoms with Crippen LogP contribution >= 0.6 is 11.6 Å². The average molecular weight is 563 g/mol. The lowest BCUT2D eigenvalue weighted by Crippen LogP contribution is -2.70. The van der Waals surface area contributed by atoms with Crippen molar-refractivity contribution in [2.75, 3.05) is 31.7 Å². The third-order valence-corrected chi connectivity index (χ3v) is 7.64. The Morgan fingerprint density at radius 3 is 2.58 bits per heavy atom. The van der Waals surface area contributed by atoms with Gasteiger partial charge in [0.15, 0.2) is 0 Å². The number of ether oxygens (including phenoxy) is 2. The second kappa shape index (κ2) is 10.3. The molecule has 7 heterocycles. The molecule has 11 heteroatoms. The molecule has 40 heavy (non-hydrogen) atoms. The Morgan fingerprint density at radius 1 is 1.12 bits per heavy atom. The van der Waals surface area contributed by atoms with Crippen LogP contribution in [0, 0.1) is 0 Å². The van der Waals surface area contributed by atoms with Gasteiger partial charge in [-0.05, 0) is 44.0 Å². The van der Waals surface area contributed by atoms with Crippen LogP contribution in [0.2, 0.25) is 5.02 Å². The van der Waals surface area contributed by atoms with Crippen molar-refractivity contribution in [3.05, 3.63) is 65.7 Å². The zero-order valence-corrected chi connectivity index (χ0v) is 23.4. The van der Waals surface area contributed by atoms with Gasteiger partial charge < -0.3 is 24.4 Å². The predicted octanol–water partition coefficient (Wildman–Crippen LogP) is 3.64. The Labute approximate surface area is 237 Å². The molecule has 7 rings (SSSR count). The molecule has 3 saturated heterocycles. The topological polar surface area (TPSA) is 105 Å². The zero-order chi connectivity index (χ0) is 28.0. The smallest absolute Gasteiger partial charge is 0.227 e. The Hall–Kier alpha value is -3.89. The quantitative estimate of drug-likeness (QED) is 0.347. The van der Waals surface area contributed by atoms with Gasteiger partial charge >= 0.3 is 0 Å². The predicted molar refractivity (Wildman–Crippen MR) is 151 cm³/mol. The highest BCUT2D eigenvalue weighted by molar-refractivity contribution is 6.34. The van der Waals surface area contributed by atoms with Gasteiger partial charge in [0.05, 0.1) is 54.1 Å². The molecule has 0 spiro atoms. The third-order valence-electron chi connectivity index (χ3n) is 7.36. The van der Waals surface area contributed by atoms with Crippen molar-refractivity contribution in [2.45, 2.75) is 44.4 Å². The number of rotatable bonds is 8. The number of hydrogen-bond acceptors (Lipinski definition) is 8. The van der Waals surface area contributed by atoms with E-state index < -0.39 is 5.60 Å². The van der Waals surface area contributed by atoms with Crippen LogP contribution < -0.4 is 14.4 Å². The molecule has 0 aliphatic carbocycles. The molecule has 0 saturated carbocycles. The highest BCUT2D eigenvalue weighted by Gasteiger charge is 2.47. The number of methoxy groups -OCH3 is 1. The molecule has 4 aromatic heterocycles. The fourth-order valence-corrected chi connectivity index (χ4v) is 5.69. The first kappa shape index (κ1) is 26.3. The molecule has 2 bridgehead atoms. The Balaban J connectivity index is 1.15. The molecule has 3 aliphatic rings. The summed E-state index contributed by atoms with van der Waals surface area (Å²) in [7, 11) is 1.57. The Bertz CT molecular complexity index is 1520. The molecule has 4 aromatic rings. The van der Waals surface area contributed by atoms with E-state index in [2.05, 4.69) is 15.0 Å². The highest BCUT2D eigenvalue weighted by atomic mass is 35.5. The molecule has 0 aromatic carbocycles. The van der Waals surface area contributed by atoms with Crippen molar-refractivity contribution < 1.29 is 19.4 Å². The first-order chi connectivity index (χ1) is 19.2. The van der Waals surface area contributed by atoms with Crippen molar-refractivity contribution in [3.8, 4) is 22.8 Å². The third kappa shape index (κ3) is 5.16. The molecular formula is C29H31ClN6O4. The summed E-state index contributed by atoms with van der Waals surface area (Å²) in [5.41, 5.74) is 2.37. The lowest BCUT2D eigenvalue weighted by Gasteiger charge is -2.56. The van der Waals surface area contributed by atoms with Gasteiger partial charge in [-0.3, -0.25) is 4.79 Å². The van der Waals surface area contributed by atoms with E-state index in [1.54, 1.807) is 50.1 Å². The zero-order valence-electron chi connectivity index (χ0n) is 22.6. The number of piperidine rings is 1. The van der Waals surface area contributed by atoms with Gasteiger partial charge in [-0.25, -0.2) is 14.5 Å². The van der Waals surface area contributed by atoms with Crippen LogP contribution in [0.1, 0.15) is 25.8 Å². The van der Waals surface area contributed by atoms with Crippen molar-refractivity contribution >= 4 is 28.8 Å². The second-order valence-electron chi connectivity index (χ2n) is 11.0. The van der Waals surface area contributed by atoms with E-state index in [9.17, 15) is 9.90 Å². The number of carbonyl (C=O) groups excluding carboxylic acids is 1. The van der Waals surface area contributed by atoms with E-state index in [-0.39, 0.29) is 24.6 Å². The van der Waals surface area contributed by atoms with Crippen molar-refractivity contribution in [2.24, 2.45) is 0 Å². The first-order valence-electron chi connectivity index (χ1n) is 13.2. The standard InChI is InChI=1S/C29H31ClN6O4/c1-29(2,38)17-40-22-10-23(28-24(30)13-33-35(28)16-22)19-5-6-25(31-12-19)34-14-20-9-21(15-34)36(20)27(37)8-18-4-7-26(39-3)32-11-18/h4-7,10-13,16,20-21,38H,8-9,14-15,17H2,1-3H3. The second-order valence-corrected chi connectivity index (χ2v) is 11.4. The number of pyridine rings is 3. The SMILES string of the molecule is COc1ccc(CC(=O)N2C3CC2CN(c2ccc(-c4cc(OCC(C)(C)O)cn5ncc(Cl)c45)cn2)C3)cn1. The molecule has 0 radical (unpaired) electrons. The van der Waals surface area contributed by atoms with Crippen LogP contribution in [-0.4, -0.2) is 80.0 Å². The normalized spacial score (nSPS) is 18.5. The maximum absolute atomic E-state index is 13.0. The minimum absolute atomic E-state index is 0.129. The molecule has 1 amide bonds. The van der Waals surface area contributed by atoms with Crippen LogP contribution in [0.15, 0.2) is 55.1 Å². The van der Waals surface area contributed by atoms with Crippen molar-refractivity contribution in [1.82, 2.24) is 24.5 Å². The van der Waals surface area contributed by atoms with Gasteiger partial charge in [-0.15, -0.1) is 0 Å². The summed E-state index contributed by atoms with van der Waals surface area (Å²) in [4.78, 5) is 26.3. The molecule has 1 N–H and O–H groups in total. The number of aromatic nitrogens is 4. The molecular weight excluding hydrogens is 532 g/mol. The number of halogens is 1. The van der Waals surface area contributed by atoms with Gasteiger partial charge in [0, 0.05) is 42.7 Å². The Morgan fingerprint density at radius 2 is 1.93 bits per heavy atom. The first-order valence-corrected chi connectivity index (χ1v) is 13.6. The lowest BCUT2D eigenvalue weighted by atomic mass is 9.86. The number of amides is 1. The monoisotopic (exact) mass is 562 g/mol. The number of hydrogen-bond donors (Lipinski definition) is 1. The summed E-state index contributed by atoms with van der Waals surface area (Å²) in [5, 5.41) is 14.9. The molecule has 208 valence electrons. The Kier molecular flexibility index (Phi) is 6.75. The summed E-state index contributed by atoms with van der Waals surface area (Å²) >= 11 is 6.47. The van der Waals surface area contributed by atoms with Crippen LogP contribution in [0.25, 0.3) is 16.6 Å². The maximum Gasteiger partial charge on any atom is 0.227 e. The average Bonchev–Trinajstić information content (AvgIpc) is 3.32. The molecule has 2 unspecified atom stereocenters. The fourth-order valence-electron chi connectivity index (χ4n) is 5.46. The van der Waals surface area contributed by atoms with Crippen LogP contribution in [-0.2, 0) is 11.2 Å². The van der Waals surface area contributed by atoms with Crippen LogP contribution in [0.4, 0.5) is 5.82 Å². The van der Waals surface area contributed by atoms with Gasteiger partial charge in [0.25, 0.3) is 0 Å². The summed E-state index contributed by atoms with van der Waals surface area (Å²) in [6, 6.07) is 9.92. The summed E-state index contributed by atoms with van der Waals surface area (Å²) < 4.78 is 12.6. The highest BCUT2D eigenvalue weighted by Crippen LogP contribution is 2.36. The van der Waals surface area contributed by atoms with E-state index in [0.29, 0.717) is 23.1 Å². The summed E-state index contributed by atoms with van der Waals surface area (Å²) in [6.07, 6.45) is 8.21.